The van der Waals surface area contributed by atoms with Gasteiger partial charge in [0.2, 0.25) is 0 Å². The summed E-state index contributed by atoms with van der Waals surface area (Å²) in [4.78, 5) is 11.2. The van der Waals surface area contributed by atoms with E-state index < -0.39 is 11.6 Å². The van der Waals surface area contributed by atoms with Gasteiger partial charge in [0.05, 0.1) is 12.5 Å². The van der Waals surface area contributed by atoms with Crippen molar-refractivity contribution in [3.05, 3.63) is 36.8 Å². The van der Waals surface area contributed by atoms with E-state index in [1.807, 2.05) is 0 Å². The van der Waals surface area contributed by atoms with E-state index in [4.69, 9.17) is 9.47 Å². The summed E-state index contributed by atoms with van der Waals surface area (Å²) in [5, 5.41) is 0. The van der Waals surface area contributed by atoms with Crippen LogP contribution >= 0.6 is 0 Å². The van der Waals surface area contributed by atoms with Gasteiger partial charge in [-0.3, -0.25) is 0 Å². The van der Waals surface area contributed by atoms with Gasteiger partial charge >= 0.3 is 5.97 Å². The molecule has 0 aromatic carbocycles. The molecule has 0 spiro atoms. The van der Waals surface area contributed by atoms with E-state index >= 15 is 0 Å². The molecule has 1 rings (SSSR count). The summed E-state index contributed by atoms with van der Waals surface area (Å²) in [6, 6.07) is 0. The van der Waals surface area contributed by atoms with Gasteiger partial charge in [-0.1, -0.05) is 6.58 Å². The van der Waals surface area contributed by atoms with Crippen molar-refractivity contribution in [2.75, 3.05) is 0 Å². The minimum Gasteiger partial charge on any atom is -0.473 e. The predicted octanol–water partition coefficient (Wildman–Crippen LogP) is 1.92. The van der Waals surface area contributed by atoms with Crippen molar-refractivity contribution in [2.45, 2.75) is 19.4 Å². The predicted molar refractivity (Wildman–Crippen MR) is 48.7 cm³/mol. The molecular formula is C10H12O3. The summed E-state index contributed by atoms with van der Waals surface area (Å²) >= 11 is 0. The quantitative estimate of drug-likeness (QED) is 0.481. The zero-order valence-corrected chi connectivity index (χ0v) is 7.74. The van der Waals surface area contributed by atoms with Crippen LogP contribution in [0.3, 0.4) is 0 Å². The molecular weight excluding hydrogens is 168 g/mol. The standard InChI is InChI=1S/C10H12O3/c1-8(2)9(11)13-10(3)4-6-12-7-5-10/h4-7H,1H2,2-3H3. The number of ether oxygens (including phenoxy) is 2. The van der Waals surface area contributed by atoms with Crippen LogP contribution in [0.15, 0.2) is 36.8 Å². The van der Waals surface area contributed by atoms with Gasteiger partial charge in [0.15, 0.2) is 5.60 Å². The summed E-state index contributed by atoms with van der Waals surface area (Å²) in [6.07, 6.45) is 6.28. The van der Waals surface area contributed by atoms with E-state index in [0.29, 0.717) is 5.57 Å². The third-order valence-electron chi connectivity index (χ3n) is 1.62. The van der Waals surface area contributed by atoms with Crippen LogP contribution in [-0.4, -0.2) is 11.6 Å². The first kappa shape index (κ1) is 9.58. The van der Waals surface area contributed by atoms with Gasteiger partial charge in [-0.05, 0) is 26.0 Å². The monoisotopic (exact) mass is 180 g/mol. The maximum absolute atomic E-state index is 11.2. The molecule has 0 radical (unpaired) electrons. The molecule has 0 bridgehead atoms. The SMILES string of the molecule is C=C(C)C(=O)OC1(C)C=COC=C1. The molecule has 0 atom stereocenters. The summed E-state index contributed by atoms with van der Waals surface area (Å²) in [5.41, 5.74) is -0.330. The Morgan fingerprint density at radius 2 is 2.00 bits per heavy atom. The minimum absolute atomic E-state index is 0.384. The lowest BCUT2D eigenvalue weighted by Gasteiger charge is -2.23. The van der Waals surface area contributed by atoms with E-state index in [0.717, 1.165) is 0 Å². The van der Waals surface area contributed by atoms with Crippen LogP contribution in [0.1, 0.15) is 13.8 Å². The van der Waals surface area contributed by atoms with Crippen LogP contribution in [0.5, 0.6) is 0 Å². The van der Waals surface area contributed by atoms with Crippen molar-refractivity contribution >= 4 is 5.97 Å². The van der Waals surface area contributed by atoms with Crippen molar-refractivity contribution in [1.29, 1.82) is 0 Å². The molecule has 0 aliphatic carbocycles. The largest absolute Gasteiger partial charge is 0.473 e. The average molecular weight is 180 g/mol. The number of esters is 1. The van der Waals surface area contributed by atoms with Gasteiger partial charge in [0, 0.05) is 5.57 Å². The summed E-state index contributed by atoms with van der Waals surface area (Å²) in [5.74, 6) is -0.404. The van der Waals surface area contributed by atoms with Crippen molar-refractivity contribution in [2.24, 2.45) is 0 Å². The van der Waals surface area contributed by atoms with Gasteiger partial charge in [0.25, 0.3) is 0 Å². The summed E-state index contributed by atoms with van der Waals surface area (Å²) in [7, 11) is 0. The van der Waals surface area contributed by atoms with E-state index in [2.05, 4.69) is 6.58 Å². The molecule has 0 aromatic heterocycles. The van der Waals surface area contributed by atoms with Gasteiger partial charge < -0.3 is 9.47 Å². The molecule has 0 fully saturated rings. The highest BCUT2D eigenvalue weighted by atomic mass is 16.6. The molecule has 13 heavy (non-hydrogen) atoms. The van der Waals surface area contributed by atoms with Crippen LogP contribution in [0.4, 0.5) is 0 Å². The molecule has 0 N–H and O–H groups in total. The lowest BCUT2D eigenvalue weighted by molar-refractivity contribution is -0.145. The number of carbonyl (C=O) groups is 1. The Hall–Kier alpha value is -1.51. The second kappa shape index (κ2) is 3.47. The highest BCUT2D eigenvalue weighted by Crippen LogP contribution is 2.19. The molecule has 3 heteroatoms. The van der Waals surface area contributed by atoms with Gasteiger partial charge in [-0.25, -0.2) is 4.79 Å². The maximum Gasteiger partial charge on any atom is 0.334 e. The number of hydrogen-bond acceptors (Lipinski definition) is 3. The third kappa shape index (κ3) is 2.47. The molecule has 3 nitrogen and oxygen atoms in total. The number of carbonyl (C=O) groups excluding carboxylic acids is 1. The first-order valence-corrected chi connectivity index (χ1v) is 3.93. The molecule has 1 aliphatic rings. The second-order valence-corrected chi connectivity index (χ2v) is 3.10. The highest BCUT2D eigenvalue weighted by Gasteiger charge is 2.24. The molecule has 70 valence electrons. The second-order valence-electron chi connectivity index (χ2n) is 3.10. The van der Waals surface area contributed by atoms with E-state index in [-0.39, 0.29) is 0 Å². The molecule has 0 saturated heterocycles. The molecule has 0 unspecified atom stereocenters. The van der Waals surface area contributed by atoms with Crippen LogP contribution in [0, 0.1) is 0 Å². The normalized spacial score (nSPS) is 17.7. The molecule has 0 amide bonds. The minimum atomic E-state index is -0.714. The zero-order valence-electron chi connectivity index (χ0n) is 7.74. The fourth-order valence-electron chi connectivity index (χ4n) is 0.805. The third-order valence-corrected chi connectivity index (χ3v) is 1.62. The van der Waals surface area contributed by atoms with Crippen LogP contribution in [0.2, 0.25) is 0 Å². The van der Waals surface area contributed by atoms with Gasteiger partial charge in [-0.2, -0.15) is 0 Å². The van der Waals surface area contributed by atoms with Crippen LogP contribution < -0.4 is 0 Å². The Labute approximate surface area is 77.3 Å². The fraction of sp³-hybridized carbons (Fsp3) is 0.300. The Kier molecular flexibility index (Phi) is 2.56. The van der Waals surface area contributed by atoms with Crippen LogP contribution in [-0.2, 0) is 14.3 Å². The van der Waals surface area contributed by atoms with Crippen molar-refractivity contribution < 1.29 is 14.3 Å². The summed E-state index contributed by atoms with van der Waals surface area (Å²) in [6.45, 7) is 6.87. The Morgan fingerprint density at radius 1 is 1.46 bits per heavy atom. The first-order chi connectivity index (χ1) is 6.03. The van der Waals surface area contributed by atoms with Crippen molar-refractivity contribution in [3.63, 3.8) is 0 Å². The lowest BCUT2D eigenvalue weighted by Crippen LogP contribution is -2.28. The smallest absolute Gasteiger partial charge is 0.334 e. The highest BCUT2D eigenvalue weighted by molar-refractivity contribution is 5.87. The number of rotatable bonds is 2. The Morgan fingerprint density at radius 3 is 2.46 bits per heavy atom. The Balaban J connectivity index is 2.66. The maximum atomic E-state index is 11.2. The average Bonchev–Trinajstić information content (AvgIpc) is 2.04. The fourth-order valence-corrected chi connectivity index (χ4v) is 0.805. The van der Waals surface area contributed by atoms with E-state index in [9.17, 15) is 4.79 Å². The zero-order chi connectivity index (χ0) is 9.90. The van der Waals surface area contributed by atoms with Crippen molar-refractivity contribution in [3.8, 4) is 0 Å². The van der Waals surface area contributed by atoms with Crippen molar-refractivity contribution in [1.82, 2.24) is 0 Å². The molecule has 0 saturated carbocycles. The van der Waals surface area contributed by atoms with Crippen LogP contribution in [0.25, 0.3) is 0 Å². The molecule has 1 aliphatic heterocycles. The van der Waals surface area contributed by atoms with E-state index in [1.54, 1.807) is 26.0 Å². The first-order valence-electron chi connectivity index (χ1n) is 3.93. The summed E-state index contributed by atoms with van der Waals surface area (Å²) < 4.78 is 9.98. The van der Waals surface area contributed by atoms with E-state index in [1.165, 1.54) is 12.5 Å². The number of hydrogen-bond donors (Lipinski definition) is 0. The lowest BCUT2D eigenvalue weighted by atomic mass is 10.1. The molecule has 0 aromatic rings. The topological polar surface area (TPSA) is 35.5 Å². The Bertz CT molecular complexity index is 275. The van der Waals surface area contributed by atoms with Gasteiger partial charge in [-0.15, -0.1) is 0 Å². The van der Waals surface area contributed by atoms with Gasteiger partial charge in [0.1, 0.15) is 0 Å². The molecule has 1 heterocycles.